The zero-order valence-electron chi connectivity index (χ0n) is 9.30. The number of allylic oxidation sites excluding steroid dienone is 1. The van der Waals surface area contributed by atoms with Crippen molar-refractivity contribution in [1.29, 1.82) is 0 Å². The first kappa shape index (κ1) is 9.91. The van der Waals surface area contributed by atoms with Crippen LogP contribution in [0.25, 0.3) is 23.3 Å². The Morgan fingerprint density at radius 3 is 2.00 bits per heavy atom. The predicted octanol–water partition coefficient (Wildman–Crippen LogP) is 4.28. The van der Waals surface area contributed by atoms with E-state index in [-0.39, 0.29) is 5.76 Å². The van der Waals surface area contributed by atoms with Gasteiger partial charge in [-0.05, 0) is 34.4 Å². The minimum absolute atomic E-state index is 0.284. The highest BCUT2D eigenvalue weighted by Crippen LogP contribution is 2.31. The van der Waals surface area contributed by atoms with Gasteiger partial charge < -0.3 is 5.11 Å². The molecule has 17 heavy (non-hydrogen) atoms. The van der Waals surface area contributed by atoms with Crippen LogP contribution >= 0.6 is 0 Å². The van der Waals surface area contributed by atoms with Gasteiger partial charge >= 0.3 is 0 Å². The Labute approximate surface area is 100 Å². The van der Waals surface area contributed by atoms with Gasteiger partial charge in [-0.3, -0.25) is 0 Å². The van der Waals surface area contributed by atoms with E-state index in [1.54, 1.807) is 12.2 Å². The first-order valence-corrected chi connectivity index (χ1v) is 5.62. The topological polar surface area (TPSA) is 20.2 Å². The van der Waals surface area contributed by atoms with E-state index in [4.69, 9.17) is 0 Å². The van der Waals surface area contributed by atoms with Crippen molar-refractivity contribution in [3.63, 3.8) is 0 Å². The summed E-state index contributed by atoms with van der Waals surface area (Å²) < 4.78 is 0. The number of hydrogen-bond donors (Lipinski definition) is 1. The first-order valence-electron chi connectivity index (χ1n) is 5.62. The normalized spacial score (nSPS) is 18.0. The lowest BCUT2D eigenvalue weighted by Crippen LogP contribution is -1.90. The van der Waals surface area contributed by atoms with Gasteiger partial charge in [0, 0.05) is 0 Å². The second-order valence-corrected chi connectivity index (χ2v) is 4.08. The number of hydrogen-bond acceptors (Lipinski definition) is 1. The SMILES string of the molecule is OC1=C/c2ccccc2-c2ccccc2/C=C\1. The summed E-state index contributed by atoms with van der Waals surface area (Å²) in [4.78, 5) is 0. The molecule has 1 aliphatic rings. The van der Waals surface area contributed by atoms with Crippen molar-refractivity contribution in [2.75, 3.05) is 0 Å². The third kappa shape index (κ3) is 1.76. The third-order valence-corrected chi connectivity index (χ3v) is 2.95. The standard InChI is InChI=1S/C16H12O/c17-14-10-9-12-5-1-3-7-15(12)16-8-4-2-6-13(16)11-14/h1-11,17H/b10-9-,12-9?,13-11?,14-10?,14-11+,16-15?. The molecule has 0 heterocycles. The molecule has 0 radical (unpaired) electrons. The molecule has 0 aliphatic heterocycles. The van der Waals surface area contributed by atoms with Gasteiger partial charge in [-0.1, -0.05) is 54.6 Å². The molecular weight excluding hydrogens is 208 g/mol. The molecule has 0 aromatic heterocycles. The average molecular weight is 220 g/mol. The maximum absolute atomic E-state index is 9.76. The van der Waals surface area contributed by atoms with Gasteiger partial charge in [0.2, 0.25) is 0 Å². The maximum Gasteiger partial charge on any atom is 0.116 e. The Morgan fingerprint density at radius 2 is 1.24 bits per heavy atom. The summed E-state index contributed by atoms with van der Waals surface area (Å²) in [6.07, 6.45) is 5.47. The summed E-state index contributed by atoms with van der Waals surface area (Å²) in [6.45, 7) is 0. The summed E-state index contributed by atoms with van der Waals surface area (Å²) in [7, 11) is 0. The van der Waals surface area contributed by atoms with Crippen LogP contribution in [0.2, 0.25) is 0 Å². The van der Waals surface area contributed by atoms with Crippen molar-refractivity contribution in [3.8, 4) is 11.1 Å². The summed E-state index contributed by atoms with van der Waals surface area (Å²) in [5, 5.41) is 9.76. The third-order valence-electron chi connectivity index (χ3n) is 2.95. The molecule has 1 heteroatoms. The Balaban J connectivity index is 2.35. The lowest BCUT2D eigenvalue weighted by atomic mass is 9.93. The zero-order chi connectivity index (χ0) is 11.7. The summed E-state index contributed by atoms with van der Waals surface area (Å²) >= 11 is 0. The largest absolute Gasteiger partial charge is 0.508 e. The van der Waals surface area contributed by atoms with Crippen LogP contribution in [0, 0.1) is 0 Å². The fraction of sp³-hybridized carbons (Fsp3) is 0. The Hall–Kier alpha value is -2.28. The fourth-order valence-electron chi connectivity index (χ4n) is 2.14. The highest BCUT2D eigenvalue weighted by molar-refractivity contribution is 5.84. The van der Waals surface area contributed by atoms with Gasteiger partial charge in [-0.15, -0.1) is 0 Å². The molecular formula is C16H12O. The van der Waals surface area contributed by atoms with Crippen molar-refractivity contribution in [3.05, 3.63) is 71.5 Å². The van der Waals surface area contributed by atoms with Gasteiger partial charge in [0.25, 0.3) is 0 Å². The molecule has 0 saturated carbocycles. The van der Waals surface area contributed by atoms with Crippen LogP contribution < -0.4 is 0 Å². The lowest BCUT2D eigenvalue weighted by Gasteiger charge is -2.12. The lowest BCUT2D eigenvalue weighted by molar-refractivity contribution is 0.438. The van der Waals surface area contributed by atoms with Crippen LogP contribution in [-0.4, -0.2) is 5.11 Å². The van der Waals surface area contributed by atoms with E-state index < -0.39 is 0 Å². The minimum atomic E-state index is 0.284. The van der Waals surface area contributed by atoms with E-state index in [1.807, 2.05) is 36.4 Å². The van der Waals surface area contributed by atoms with Crippen LogP contribution in [-0.2, 0) is 0 Å². The van der Waals surface area contributed by atoms with Crippen molar-refractivity contribution in [1.82, 2.24) is 0 Å². The van der Waals surface area contributed by atoms with Crippen LogP contribution in [0.4, 0.5) is 0 Å². The second-order valence-electron chi connectivity index (χ2n) is 4.08. The molecule has 0 bridgehead atoms. The number of rotatable bonds is 0. The minimum Gasteiger partial charge on any atom is -0.508 e. The van der Waals surface area contributed by atoms with Gasteiger partial charge in [0.1, 0.15) is 5.76 Å². The van der Waals surface area contributed by atoms with Crippen LogP contribution in [0.3, 0.4) is 0 Å². The molecule has 3 rings (SSSR count). The molecule has 82 valence electrons. The Kier molecular flexibility index (Phi) is 2.30. The van der Waals surface area contributed by atoms with Crippen molar-refractivity contribution >= 4 is 12.2 Å². The van der Waals surface area contributed by atoms with Crippen molar-refractivity contribution in [2.45, 2.75) is 0 Å². The molecule has 0 spiro atoms. The number of benzene rings is 2. The van der Waals surface area contributed by atoms with E-state index in [1.165, 1.54) is 5.56 Å². The molecule has 0 atom stereocenters. The fourth-order valence-corrected chi connectivity index (χ4v) is 2.14. The number of aliphatic hydroxyl groups is 1. The Morgan fingerprint density at radius 1 is 0.647 bits per heavy atom. The monoisotopic (exact) mass is 220 g/mol. The number of fused-ring (bicyclic) bond motifs is 3. The van der Waals surface area contributed by atoms with E-state index in [0.29, 0.717) is 0 Å². The van der Waals surface area contributed by atoms with Crippen LogP contribution in [0.5, 0.6) is 0 Å². The van der Waals surface area contributed by atoms with E-state index >= 15 is 0 Å². The molecule has 2 aromatic rings. The van der Waals surface area contributed by atoms with Crippen LogP contribution in [0.15, 0.2) is 60.4 Å². The van der Waals surface area contributed by atoms with Crippen molar-refractivity contribution < 1.29 is 5.11 Å². The summed E-state index contributed by atoms with van der Waals surface area (Å²) in [6, 6.07) is 16.3. The molecule has 0 saturated heterocycles. The average Bonchev–Trinajstić information content (AvgIpc) is 2.36. The highest BCUT2D eigenvalue weighted by Gasteiger charge is 2.08. The highest BCUT2D eigenvalue weighted by atomic mass is 16.3. The molecule has 1 N–H and O–H groups in total. The zero-order valence-corrected chi connectivity index (χ0v) is 9.30. The molecule has 0 amide bonds. The summed E-state index contributed by atoms with van der Waals surface area (Å²) in [5.74, 6) is 0.284. The van der Waals surface area contributed by atoms with Gasteiger partial charge in [-0.2, -0.15) is 0 Å². The maximum atomic E-state index is 9.76. The van der Waals surface area contributed by atoms with Crippen molar-refractivity contribution in [2.24, 2.45) is 0 Å². The van der Waals surface area contributed by atoms with Gasteiger partial charge in [0.15, 0.2) is 0 Å². The quantitative estimate of drug-likeness (QED) is 0.702. The molecule has 0 unspecified atom stereocenters. The van der Waals surface area contributed by atoms with Crippen LogP contribution in [0.1, 0.15) is 11.1 Å². The molecule has 1 nitrogen and oxygen atoms in total. The number of aliphatic hydroxyl groups excluding tert-OH is 1. The van der Waals surface area contributed by atoms with E-state index in [9.17, 15) is 5.11 Å². The summed E-state index contributed by atoms with van der Waals surface area (Å²) in [5.41, 5.74) is 4.52. The Bertz CT molecular complexity index is 621. The first-order chi connectivity index (χ1) is 8.34. The molecule has 2 aromatic carbocycles. The second kappa shape index (κ2) is 3.95. The van der Waals surface area contributed by atoms with E-state index in [0.717, 1.165) is 16.7 Å². The van der Waals surface area contributed by atoms with Gasteiger partial charge in [0.05, 0.1) is 0 Å². The smallest absolute Gasteiger partial charge is 0.116 e. The van der Waals surface area contributed by atoms with E-state index in [2.05, 4.69) is 18.2 Å². The predicted molar refractivity (Wildman–Crippen MR) is 71.5 cm³/mol. The molecule has 1 aliphatic carbocycles. The molecule has 0 fully saturated rings. The van der Waals surface area contributed by atoms with Gasteiger partial charge in [-0.25, -0.2) is 0 Å².